The van der Waals surface area contributed by atoms with E-state index in [0.717, 1.165) is 11.8 Å². The molecule has 3 atom stereocenters. The van der Waals surface area contributed by atoms with Gasteiger partial charge in [0.05, 0.1) is 0 Å². The fourth-order valence-electron chi connectivity index (χ4n) is 3.80. The summed E-state index contributed by atoms with van der Waals surface area (Å²) >= 11 is 0.514. The molecule has 2 fully saturated rings. The Morgan fingerprint density at radius 1 is 1.24 bits per heavy atom. The second-order valence-corrected chi connectivity index (χ2v) is 7.15. The van der Waals surface area contributed by atoms with Crippen molar-refractivity contribution in [1.82, 2.24) is 0 Å². The van der Waals surface area contributed by atoms with E-state index >= 15 is 0 Å². The molecule has 21 heavy (non-hydrogen) atoms. The van der Waals surface area contributed by atoms with E-state index < -0.39 is 5.76 Å². The van der Waals surface area contributed by atoms with Crippen LogP contribution in [-0.2, 0) is 4.79 Å². The first kappa shape index (κ1) is 14.8. The lowest BCUT2D eigenvalue weighted by Gasteiger charge is -2.20. The van der Waals surface area contributed by atoms with Gasteiger partial charge in [-0.05, 0) is 61.3 Å². The molecular weight excluding hydrogens is 292 g/mol. The van der Waals surface area contributed by atoms with Crippen LogP contribution in [0.3, 0.4) is 0 Å². The minimum absolute atomic E-state index is 0.0433. The molecule has 5 heteroatoms. The summed E-state index contributed by atoms with van der Waals surface area (Å²) in [5.41, 5.74) is 0.682. The summed E-state index contributed by atoms with van der Waals surface area (Å²) in [6.07, 6.45) is 5.71. The van der Waals surface area contributed by atoms with E-state index in [4.69, 9.17) is 0 Å². The van der Waals surface area contributed by atoms with Gasteiger partial charge in [-0.3, -0.25) is 4.79 Å². The number of anilines is 1. The van der Waals surface area contributed by atoms with E-state index in [1.807, 2.05) is 0 Å². The van der Waals surface area contributed by atoms with Gasteiger partial charge in [0.2, 0.25) is 5.91 Å². The molecule has 1 amide bonds. The molecule has 2 saturated carbocycles. The third kappa shape index (κ3) is 3.76. The molecule has 0 unspecified atom stereocenters. The number of carbonyl (C=O) groups excluding carboxylic acids is 1. The maximum Gasteiger partial charge on any atom is 0.288 e. The van der Waals surface area contributed by atoms with Crippen LogP contribution in [0.2, 0.25) is 0 Å². The van der Waals surface area contributed by atoms with Crippen molar-refractivity contribution >= 4 is 23.4 Å². The molecule has 114 valence electrons. The van der Waals surface area contributed by atoms with Gasteiger partial charge in [0.15, 0.2) is 0 Å². The zero-order valence-electron chi connectivity index (χ0n) is 11.7. The topological polar surface area (TPSA) is 29.1 Å². The van der Waals surface area contributed by atoms with E-state index in [1.54, 1.807) is 24.3 Å². The normalized spacial score (nSPS) is 27.3. The van der Waals surface area contributed by atoms with Gasteiger partial charge in [-0.25, -0.2) is 0 Å². The van der Waals surface area contributed by atoms with E-state index in [-0.39, 0.29) is 5.91 Å². The molecule has 1 aromatic rings. The van der Waals surface area contributed by atoms with Crippen LogP contribution in [0.15, 0.2) is 29.2 Å². The Kier molecular flexibility index (Phi) is 4.48. The molecule has 0 saturated heterocycles. The Hall–Kier alpha value is -1.10. The van der Waals surface area contributed by atoms with Gasteiger partial charge >= 0.3 is 0 Å². The molecule has 2 aliphatic carbocycles. The average molecular weight is 311 g/mol. The van der Waals surface area contributed by atoms with Crippen LogP contribution < -0.4 is 5.32 Å². The van der Waals surface area contributed by atoms with E-state index in [0.29, 0.717) is 34.7 Å². The number of amides is 1. The highest BCUT2D eigenvalue weighted by Gasteiger charge is 2.40. The molecule has 2 aliphatic rings. The molecule has 0 aliphatic heterocycles. The molecule has 0 radical (unpaired) electrons. The van der Waals surface area contributed by atoms with Gasteiger partial charge in [-0.1, -0.05) is 18.2 Å². The van der Waals surface area contributed by atoms with Gasteiger partial charge in [-0.15, -0.1) is 0 Å². The van der Waals surface area contributed by atoms with Crippen LogP contribution in [-0.4, -0.2) is 11.7 Å². The van der Waals surface area contributed by atoms with Crippen LogP contribution in [0.25, 0.3) is 0 Å². The van der Waals surface area contributed by atoms with Crippen molar-refractivity contribution in [3.8, 4) is 0 Å². The fraction of sp³-hybridized carbons (Fsp3) is 0.562. The van der Waals surface area contributed by atoms with Crippen molar-refractivity contribution in [3.63, 3.8) is 0 Å². The van der Waals surface area contributed by atoms with Crippen molar-refractivity contribution < 1.29 is 13.6 Å². The minimum Gasteiger partial charge on any atom is -0.326 e. The van der Waals surface area contributed by atoms with E-state index in [9.17, 15) is 13.6 Å². The summed E-state index contributed by atoms with van der Waals surface area (Å²) in [6.45, 7) is 0. The van der Waals surface area contributed by atoms with Crippen molar-refractivity contribution in [1.29, 1.82) is 0 Å². The predicted molar refractivity (Wildman–Crippen MR) is 80.5 cm³/mol. The maximum absolute atomic E-state index is 12.2. The number of benzene rings is 1. The van der Waals surface area contributed by atoms with Crippen molar-refractivity contribution in [2.24, 2.45) is 17.8 Å². The molecule has 3 rings (SSSR count). The number of hydrogen-bond donors (Lipinski definition) is 1. The monoisotopic (exact) mass is 311 g/mol. The largest absolute Gasteiger partial charge is 0.326 e. The summed E-state index contributed by atoms with van der Waals surface area (Å²) in [5, 5.41) is 2.87. The predicted octanol–water partition coefficient (Wildman–Crippen LogP) is 4.77. The second-order valence-electron chi connectivity index (χ2n) is 6.09. The summed E-state index contributed by atoms with van der Waals surface area (Å²) in [6, 6.07) is 6.60. The van der Waals surface area contributed by atoms with Gasteiger partial charge < -0.3 is 5.32 Å². The zero-order valence-corrected chi connectivity index (χ0v) is 12.5. The average Bonchev–Trinajstić information content (AvgIpc) is 3.02. The smallest absolute Gasteiger partial charge is 0.288 e. The number of rotatable bonds is 5. The van der Waals surface area contributed by atoms with Crippen LogP contribution in [0.1, 0.15) is 32.1 Å². The Balaban J connectivity index is 1.50. The highest BCUT2D eigenvalue weighted by molar-refractivity contribution is 7.99. The standard InChI is InChI=1S/C16H19F2NOS/c17-16(18)21-14-5-3-13(4-6-14)19-15(20)9-12-8-10-1-2-11(12)7-10/h3-6,10-12,16H,1-2,7-9H2,(H,19,20)/t10-,11-,12-/m1/s1. The lowest BCUT2D eigenvalue weighted by molar-refractivity contribution is -0.117. The number of hydrogen-bond acceptors (Lipinski definition) is 2. The zero-order chi connectivity index (χ0) is 14.8. The number of halogens is 2. The van der Waals surface area contributed by atoms with E-state index in [1.165, 1.54) is 25.7 Å². The molecule has 1 N–H and O–H groups in total. The number of thioether (sulfide) groups is 1. The molecular formula is C16H19F2NOS. The first-order valence-corrected chi connectivity index (χ1v) is 8.33. The summed E-state index contributed by atoms with van der Waals surface area (Å²) < 4.78 is 24.5. The highest BCUT2D eigenvalue weighted by Crippen LogP contribution is 2.49. The van der Waals surface area contributed by atoms with Gasteiger partial charge in [-0.2, -0.15) is 8.78 Å². The van der Waals surface area contributed by atoms with E-state index in [2.05, 4.69) is 5.32 Å². The molecule has 0 spiro atoms. The Morgan fingerprint density at radius 2 is 2.00 bits per heavy atom. The highest BCUT2D eigenvalue weighted by atomic mass is 32.2. The fourth-order valence-corrected chi connectivity index (χ4v) is 4.30. The third-order valence-corrected chi connectivity index (χ3v) is 5.42. The number of nitrogens with one attached hydrogen (secondary N) is 1. The quantitative estimate of drug-likeness (QED) is 0.794. The van der Waals surface area contributed by atoms with Gasteiger partial charge in [0.25, 0.3) is 5.76 Å². The van der Waals surface area contributed by atoms with Crippen LogP contribution in [0.4, 0.5) is 14.5 Å². The van der Waals surface area contributed by atoms with Crippen molar-refractivity contribution in [2.75, 3.05) is 5.32 Å². The summed E-state index contributed by atoms with van der Waals surface area (Å²) in [5.74, 6) is -0.244. The molecule has 2 nitrogen and oxygen atoms in total. The summed E-state index contributed by atoms with van der Waals surface area (Å²) in [7, 11) is 0. The first-order chi connectivity index (χ1) is 10.1. The molecule has 0 aromatic heterocycles. The SMILES string of the molecule is O=C(C[C@H]1C[C@@H]2CC[C@@H]1C2)Nc1ccc(SC(F)F)cc1. The lowest BCUT2D eigenvalue weighted by Crippen LogP contribution is -2.20. The Morgan fingerprint density at radius 3 is 2.57 bits per heavy atom. The lowest BCUT2D eigenvalue weighted by atomic mass is 9.86. The molecule has 2 bridgehead atoms. The van der Waals surface area contributed by atoms with Gasteiger partial charge in [0.1, 0.15) is 0 Å². The van der Waals surface area contributed by atoms with Crippen molar-refractivity contribution in [3.05, 3.63) is 24.3 Å². The number of alkyl halides is 2. The Bertz CT molecular complexity index is 506. The minimum atomic E-state index is -2.41. The Labute approximate surface area is 127 Å². The molecule has 0 heterocycles. The van der Waals surface area contributed by atoms with Gasteiger partial charge in [0, 0.05) is 17.0 Å². The third-order valence-electron chi connectivity index (χ3n) is 4.70. The maximum atomic E-state index is 12.2. The van der Waals surface area contributed by atoms with Crippen LogP contribution in [0.5, 0.6) is 0 Å². The van der Waals surface area contributed by atoms with Crippen molar-refractivity contribution in [2.45, 2.75) is 42.8 Å². The number of fused-ring (bicyclic) bond motifs is 2. The first-order valence-electron chi connectivity index (χ1n) is 7.45. The number of carbonyl (C=O) groups is 1. The molecule has 1 aromatic carbocycles. The summed E-state index contributed by atoms with van der Waals surface area (Å²) in [4.78, 5) is 12.6. The van der Waals surface area contributed by atoms with Crippen LogP contribution >= 0.6 is 11.8 Å². The second kappa shape index (κ2) is 6.34. The van der Waals surface area contributed by atoms with Crippen LogP contribution in [0, 0.1) is 17.8 Å².